The molecule has 0 fully saturated rings. The van der Waals surface area contributed by atoms with Crippen molar-refractivity contribution in [1.82, 2.24) is 10.6 Å². The van der Waals surface area contributed by atoms with Crippen molar-refractivity contribution in [3.8, 4) is 5.75 Å². The van der Waals surface area contributed by atoms with Gasteiger partial charge in [0.2, 0.25) is 0 Å². The summed E-state index contributed by atoms with van der Waals surface area (Å²) in [5.41, 5.74) is -0.223. The maximum atomic E-state index is 10.5. The number of nitrogens with one attached hydrogen (secondary N) is 2. The Balaban J connectivity index is 0.00000338. The predicted octanol–water partition coefficient (Wildman–Crippen LogP) is 3.52. The number of halogens is 2. The van der Waals surface area contributed by atoms with Gasteiger partial charge in [-0.1, -0.05) is 17.7 Å². The van der Waals surface area contributed by atoms with Gasteiger partial charge in [-0.3, -0.25) is 0 Å². The van der Waals surface area contributed by atoms with E-state index in [1.54, 1.807) is 38.3 Å². The van der Waals surface area contributed by atoms with Crippen LogP contribution in [0.4, 0.5) is 0 Å². The molecule has 0 aliphatic heterocycles. The van der Waals surface area contributed by atoms with Gasteiger partial charge in [0.15, 0.2) is 5.96 Å². The van der Waals surface area contributed by atoms with Crippen LogP contribution in [0, 0.1) is 0 Å². The van der Waals surface area contributed by atoms with E-state index in [9.17, 15) is 5.11 Å². The maximum absolute atomic E-state index is 10.5. The van der Waals surface area contributed by atoms with Gasteiger partial charge >= 0.3 is 0 Å². The number of methoxy groups -OCH3 is 1. The molecule has 0 bridgehead atoms. The number of hydrogen-bond donors (Lipinski definition) is 3. The van der Waals surface area contributed by atoms with Crippen molar-refractivity contribution in [2.75, 3.05) is 20.2 Å². The van der Waals surface area contributed by atoms with Gasteiger partial charge < -0.3 is 24.9 Å². The van der Waals surface area contributed by atoms with Gasteiger partial charge in [-0.2, -0.15) is 0 Å². The fraction of sp³-hybridized carbons (Fsp3) is 0.389. The molecule has 1 heterocycles. The van der Waals surface area contributed by atoms with E-state index in [4.69, 9.17) is 20.8 Å². The van der Waals surface area contributed by atoms with Crippen molar-refractivity contribution in [3.63, 3.8) is 0 Å². The van der Waals surface area contributed by atoms with Crippen molar-refractivity contribution in [2.24, 2.45) is 4.99 Å². The minimum Gasteiger partial charge on any atom is -0.496 e. The lowest BCUT2D eigenvalue weighted by atomic mass is 10.0. The lowest BCUT2D eigenvalue weighted by Gasteiger charge is -2.22. The van der Waals surface area contributed by atoms with E-state index in [1.165, 1.54) is 6.26 Å². The molecule has 0 aliphatic carbocycles. The van der Waals surface area contributed by atoms with Gasteiger partial charge in [-0.25, -0.2) is 4.99 Å². The Labute approximate surface area is 176 Å². The number of guanidine groups is 1. The lowest BCUT2D eigenvalue weighted by Crippen LogP contribution is -2.44. The maximum Gasteiger partial charge on any atom is 0.191 e. The fourth-order valence-corrected chi connectivity index (χ4v) is 2.45. The summed E-state index contributed by atoms with van der Waals surface area (Å²) in [5, 5.41) is 17.4. The Kier molecular flexibility index (Phi) is 9.24. The van der Waals surface area contributed by atoms with Gasteiger partial charge in [0.1, 0.15) is 17.1 Å². The average Bonchev–Trinajstić information content (AvgIpc) is 3.13. The minimum atomic E-state index is -1.14. The minimum absolute atomic E-state index is 0. The molecular formula is C18H25ClIN3O3. The van der Waals surface area contributed by atoms with Gasteiger partial charge in [0, 0.05) is 17.1 Å². The molecule has 0 radical (unpaired) electrons. The molecule has 3 N–H and O–H groups in total. The molecule has 2 rings (SSSR count). The van der Waals surface area contributed by atoms with Crippen LogP contribution in [0.3, 0.4) is 0 Å². The first kappa shape index (κ1) is 22.6. The third-order valence-corrected chi connectivity index (χ3v) is 3.89. The molecule has 26 heavy (non-hydrogen) atoms. The summed E-state index contributed by atoms with van der Waals surface area (Å²) in [7, 11) is 1.60. The van der Waals surface area contributed by atoms with Gasteiger partial charge in [0.05, 0.1) is 26.5 Å². The molecule has 0 saturated heterocycles. The van der Waals surface area contributed by atoms with Gasteiger partial charge in [-0.05, 0) is 38.1 Å². The molecule has 144 valence electrons. The zero-order valence-corrected chi connectivity index (χ0v) is 18.2. The quantitative estimate of drug-likeness (QED) is 0.312. The third-order valence-electron chi connectivity index (χ3n) is 3.65. The largest absolute Gasteiger partial charge is 0.496 e. The summed E-state index contributed by atoms with van der Waals surface area (Å²) in [6.07, 6.45) is 1.54. The SMILES string of the molecule is CCNC(=NCc1ccc(Cl)cc1OC)NCC(C)(O)c1ccco1.I. The van der Waals surface area contributed by atoms with Crippen LogP contribution in [0.25, 0.3) is 0 Å². The van der Waals surface area contributed by atoms with Crippen LogP contribution in [0.5, 0.6) is 5.75 Å². The van der Waals surface area contributed by atoms with Crippen molar-refractivity contribution < 1.29 is 14.3 Å². The van der Waals surface area contributed by atoms with Crippen molar-refractivity contribution in [2.45, 2.75) is 26.0 Å². The van der Waals surface area contributed by atoms with Crippen LogP contribution in [0.15, 0.2) is 46.0 Å². The molecule has 2 aromatic rings. The van der Waals surface area contributed by atoms with Gasteiger partial charge in [-0.15, -0.1) is 24.0 Å². The highest BCUT2D eigenvalue weighted by atomic mass is 127. The van der Waals surface area contributed by atoms with Crippen LogP contribution < -0.4 is 15.4 Å². The molecule has 0 spiro atoms. The lowest BCUT2D eigenvalue weighted by molar-refractivity contribution is 0.0386. The molecular weight excluding hydrogens is 469 g/mol. The molecule has 1 aromatic heterocycles. The van der Waals surface area contributed by atoms with Crippen molar-refractivity contribution in [3.05, 3.63) is 52.9 Å². The monoisotopic (exact) mass is 493 g/mol. The van der Waals surface area contributed by atoms with E-state index in [0.717, 1.165) is 5.56 Å². The smallest absolute Gasteiger partial charge is 0.191 e. The Morgan fingerprint density at radius 2 is 2.12 bits per heavy atom. The number of ether oxygens (including phenoxy) is 1. The zero-order valence-electron chi connectivity index (χ0n) is 15.1. The highest BCUT2D eigenvalue weighted by Crippen LogP contribution is 2.24. The van der Waals surface area contributed by atoms with E-state index in [2.05, 4.69) is 15.6 Å². The molecule has 0 aliphatic rings. The second kappa shape index (κ2) is 10.6. The van der Waals surface area contributed by atoms with Gasteiger partial charge in [0.25, 0.3) is 0 Å². The topological polar surface area (TPSA) is 79.0 Å². The average molecular weight is 494 g/mol. The van der Waals surface area contributed by atoms with Crippen LogP contribution in [0.2, 0.25) is 5.02 Å². The summed E-state index contributed by atoms with van der Waals surface area (Å²) < 4.78 is 10.6. The second-order valence-corrected chi connectivity index (χ2v) is 6.19. The van der Waals surface area contributed by atoms with Crippen LogP contribution >= 0.6 is 35.6 Å². The zero-order chi connectivity index (χ0) is 18.3. The van der Waals surface area contributed by atoms with E-state index in [0.29, 0.717) is 35.6 Å². The number of aliphatic hydroxyl groups is 1. The summed E-state index contributed by atoms with van der Waals surface area (Å²) in [6.45, 7) is 5.03. The Morgan fingerprint density at radius 1 is 1.35 bits per heavy atom. The fourth-order valence-electron chi connectivity index (χ4n) is 2.28. The third kappa shape index (κ3) is 6.37. The highest BCUT2D eigenvalue weighted by molar-refractivity contribution is 14.0. The van der Waals surface area contributed by atoms with E-state index >= 15 is 0 Å². The predicted molar refractivity (Wildman–Crippen MR) is 115 cm³/mol. The number of rotatable bonds is 7. The number of aliphatic imine (C=N–C) groups is 1. The number of benzene rings is 1. The number of furan rings is 1. The second-order valence-electron chi connectivity index (χ2n) is 5.76. The Morgan fingerprint density at radius 3 is 2.73 bits per heavy atom. The number of nitrogens with zero attached hydrogens (tertiary/aromatic N) is 1. The molecule has 6 nitrogen and oxygen atoms in total. The summed E-state index contributed by atoms with van der Waals surface area (Å²) in [4.78, 5) is 4.54. The standard InChI is InChI=1S/C18H24ClN3O3.HI/c1-4-20-17(22-12-18(2,23)16-6-5-9-25-16)21-11-13-7-8-14(19)10-15(13)24-3;/h5-10,23H,4,11-12H2,1-3H3,(H2,20,21,22);1H. The van der Waals surface area contributed by atoms with E-state index in [1.807, 2.05) is 13.0 Å². The normalized spacial score (nSPS) is 13.5. The summed E-state index contributed by atoms with van der Waals surface area (Å²) >= 11 is 5.98. The molecule has 8 heteroatoms. The highest BCUT2D eigenvalue weighted by Gasteiger charge is 2.26. The van der Waals surface area contributed by atoms with Crippen molar-refractivity contribution in [1.29, 1.82) is 0 Å². The summed E-state index contributed by atoms with van der Waals surface area (Å²) in [6, 6.07) is 8.93. The molecule has 1 aromatic carbocycles. The number of hydrogen-bond acceptors (Lipinski definition) is 4. The molecule has 1 unspecified atom stereocenters. The first-order valence-corrected chi connectivity index (χ1v) is 8.45. The first-order valence-electron chi connectivity index (χ1n) is 8.07. The molecule has 0 saturated carbocycles. The van der Waals surface area contributed by atoms with Crippen molar-refractivity contribution >= 4 is 41.5 Å². The van der Waals surface area contributed by atoms with Crippen LogP contribution in [-0.4, -0.2) is 31.3 Å². The molecule has 0 amide bonds. The van der Waals surface area contributed by atoms with Crippen LogP contribution in [0.1, 0.15) is 25.2 Å². The summed E-state index contributed by atoms with van der Waals surface area (Å²) in [5.74, 6) is 1.77. The first-order chi connectivity index (χ1) is 12.0. The Bertz CT molecular complexity index is 706. The van der Waals surface area contributed by atoms with E-state index in [-0.39, 0.29) is 30.5 Å². The van der Waals surface area contributed by atoms with E-state index < -0.39 is 5.60 Å². The Hall–Kier alpha value is -1.45. The molecule has 1 atom stereocenters. The van der Waals surface area contributed by atoms with Crippen LogP contribution in [-0.2, 0) is 12.1 Å².